The van der Waals surface area contributed by atoms with Crippen LogP contribution in [0.2, 0.25) is 0 Å². The molecule has 1 aromatic heterocycles. The molecule has 0 aliphatic rings. The van der Waals surface area contributed by atoms with Gasteiger partial charge in [0.25, 0.3) is 0 Å². The lowest BCUT2D eigenvalue weighted by Crippen LogP contribution is -2.05. The summed E-state index contributed by atoms with van der Waals surface area (Å²) in [5, 5.41) is 3.16. The first-order valence-corrected chi connectivity index (χ1v) is 7.02. The Morgan fingerprint density at radius 2 is 1.90 bits per heavy atom. The van der Waals surface area contributed by atoms with Gasteiger partial charge >= 0.3 is 0 Å². The highest BCUT2D eigenvalue weighted by atomic mass is 16.5. The fourth-order valence-corrected chi connectivity index (χ4v) is 2.13. The number of pyridine rings is 1. The summed E-state index contributed by atoms with van der Waals surface area (Å²) in [6.45, 7) is 7.00. The maximum absolute atomic E-state index is 6.08. The summed E-state index contributed by atoms with van der Waals surface area (Å²) >= 11 is 0. The van der Waals surface area contributed by atoms with Crippen molar-refractivity contribution in [3.63, 3.8) is 0 Å². The molecule has 1 heterocycles. The van der Waals surface area contributed by atoms with Crippen molar-refractivity contribution in [3.8, 4) is 11.5 Å². The van der Waals surface area contributed by atoms with Crippen LogP contribution >= 0.6 is 0 Å². The molecule has 2 rings (SSSR count). The maximum atomic E-state index is 6.08. The van der Waals surface area contributed by atoms with E-state index in [1.165, 1.54) is 5.56 Å². The van der Waals surface area contributed by atoms with E-state index in [-0.39, 0.29) is 0 Å². The lowest BCUT2D eigenvalue weighted by atomic mass is 10.1. The number of benzene rings is 1. The van der Waals surface area contributed by atoms with E-state index in [9.17, 15) is 0 Å². The molecule has 0 atom stereocenters. The van der Waals surface area contributed by atoms with Crippen molar-refractivity contribution < 1.29 is 4.74 Å². The van der Waals surface area contributed by atoms with Crippen LogP contribution in [-0.4, -0.2) is 12.0 Å². The molecule has 0 aliphatic heterocycles. The third-order valence-electron chi connectivity index (χ3n) is 3.26. The molecule has 0 amide bonds. The lowest BCUT2D eigenvalue weighted by Gasteiger charge is -2.13. The molecule has 0 saturated carbocycles. The second-order valence-electron chi connectivity index (χ2n) is 4.98. The highest BCUT2D eigenvalue weighted by Gasteiger charge is 2.08. The molecule has 0 radical (unpaired) electrons. The average molecular weight is 270 g/mol. The molecular weight excluding hydrogens is 248 g/mol. The highest BCUT2D eigenvalue weighted by Crippen LogP contribution is 2.28. The number of hydrogen-bond acceptors (Lipinski definition) is 3. The highest BCUT2D eigenvalue weighted by molar-refractivity contribution is 5.41. The van der Waals surface area contributed by atoms with Crippen LogP contribution in [0.3, 0.4) is 0 Å². The van der Waals surface area contributed by atoms with Crippen LogP contribution in [0.15, 0.2) is 30.3 Å². The van der Waals surface area contributed by atoms with E-state index in [2.05, 4.69) is 42.3 Å². The number of aromatic nitrogens is 1. The Morgan fingerprint density at radius 1 is 1.10 bits per heavy atom. The molecule has 20 heavy (non-hydrogen) atoms. The zero-order chi connectivity index (χ0) is 14.5. The summed E-state index contributed by atoms with van der Waals surface area (Å²) in [5.41, 5.74) is 4.37. The fraction of sp³-hybridized carbons (Fsp3) is 0.353. The molecule has 1 N–H and O–H groups in total. The normalized spacial score (nSPS) is 10.6. The van der Waals surface area contributed by atoms with Gasteiger partial charge in [-0.15, -0.1) is 0 Å². The largest absolute Gasteiger partial charge is 0.455 e. The third kappa shape index (κ3) is 3.36. The van der Waals surface area contributed by atoms with Crippen LogP contribution < -0.4 is 10.1 Å². The van der Waals surface area contributed by atoms with Crippen LogP contribution in [0.1, 0.15) is 29.4 Å². The van der Waals surface area contributed by atoms with Gasteiger partial charge in [-0.3, -0.25) is 4.98 Å². The van der Waals surface area contributed by atoms with Gasteiger partial charge in [0.05, 0.1) is 5.69 Å². The summed E-state index contributed by atoms with van der Waals surface area (Å²) in [4.78, 5) is 4.54. The van der Waals surface area contributed by atoms with Crippen LogP contribution in [-0.2, 0) is 13.0 Å². The maximum Gasteiger partial charge on any atom is 0.148 e. The molecule has 0 aliphatic carbocycles. The van der Waals surface area contributed by atoms with Crippen LogP contribution in [0.25, 0.3) is 0 Å². The molecule has 3 heteroatoms. The van der Waals surface area contributed by atoms with Crippen molar-refractivity contribution in [2.24, 2.45) is 0 Å². The Balaban J connectivity index is 2.31. The van der Waals surface area contributed by atoms with Crippen molar-refractivity contribution in [2.45, 2.75) is 33.7 Å². The molecule has 0 saturated heterocycles. The summed E-state index contributed by atoms with van der Waals surface area (Å²) in [6, 6.07) is 10.3. The van der Waals surface area contributed by atoms with Crippen molar-refractivity contribution >= 4 is 0 Å². The predicted molar refractivity (Wildman–Crippen MR) is 82.4 cm³/mol. The number of hydrogen-bond donors (Lipinski definition) is 1. The van der Waals surface area contributed by atoms with Crippen LogP contribution in [0, 0.1) is 13.8 Å². The molecule has 0 bridgehead atoms. The molecule has 0 unspecified atom stereocenters. The Labute approximate surface area is 121 Å². The number of nitrogens with zero attached hydrogens (tertiary/aromatic N) is 1. The minimum Gasteiger partial charge on any atom is -0.455 e. The first-order valence-electron chi connectivity index (χ1n) is 7.02. The van der Waals surface area contributed by atoms with Gasteiger partial charge < -0.3 is 10.1 Å². The van der Waals surface area contributed by atoms with Crippen LogP contribution in [0.4, 0.5) is 0 Å². The van der Waals surface area contributed by atoms with Gasteiger partial charge in [0.1, 0.15) is 11.5 Å². The van der Waals surface area contributed by atoms with E-state index in [0.717, 1.165) is 41.4 Å². The molecule has 106 valence electrons. The first kappa shape index (κ1) is 14.5. The van der Waals surface area contributed by atoms with E-state index in [1.807, 2.05) is 26.1 Å². The average Bonchev–Trinajstić information content (AvgIpc) is 2.44. The van der Waals surface area contributed by atoms with Gasteiger partial charge in [0.2, 0.25) is 0 Å². The Hall–Kier alpha value is -1.87. The number of nitrogens with one attached hydrogen (secondary N) is 1. The van der Waals surface area contributed by atoms with Gasteiger partial charge in [-0.05, 0) is 56.6 Å². The standard InChI is InChI=1S/C17H22N2O/c1-5-15-16(9-7-13(3)19-15)20-17-10-14(11-18-4)8-6-12(17)2/h6-10,18H,5,11H2,1-4H3. The lowest BCUT2D eigenvalue weighted by molar-refractivity contribution is 0.468. The van der Waals surface area contributed by atoms with Crippen molar-refractivity contribution in [1.82, 2.24) is 10.3 Å². The van der Waals surface area contributed by atoms with Crippen molar-refractivity contribution in [1.29, 1.82) is 0 Å². The monoisotopic (exact) mass is 270 g/mol. The summed E-state index contributed by atoms with van der Waals surface area (Å²) in [5.74, 6) is 1.75. The zero-order valence-electron chi connectivity index (χ0n) is 12.7. The first-order chi connectivity index (χ1) is 9.63. The molecule has 0 spiro atoms. The Kier molecular flexibility index (Phi) is 4.74. The predicted octanol–water partition coefficient (Wildman–Crippen LogP) is 3.77. The zero-order valence-corrected chi connectivity index (χ0v) is 12.7. The Morgan fingerprint density at radius 3 is 2.60 bits per heavy atom. The SMILES string of the molecule is CCc1nc(C)ccc1Oc1cc(CNC)ccc1C. The minimum atomic E-state index is 0.837. The van der Waals surface area contributed by atoms with Gasteiger partial charge in [-0.25, -0.2) is 0 Å². The van der Waals surface area contributed by atoms with Gasteiger partial charge in [-0.2, -0.15) is 0 Å². The van der Waals surface area contributed by atoms with Crippen molar-refractivity contribution in [2.75, 3.05) is 7.05 Å². The second-order valence-corrected chi connectivity index (χ2v) is 4.98. The number of rotatable bonds is 5. The Bertz CT molecular complexity index is 594. The van der Waals surface area contributed by atoms with E-state index in [0.29, 0.717) is 0 Å². The summed E-state index contributed by atoms with van der Waals surface area (Å²) in [7, 11) is 1.94. The molecule has 0 fully saturated rings. The summed E-state index contributed by atoms with van der Waals surface area (Å²) in [6.07, 6.45) is 0.867. The molecule has 3 nitrogen and oxygen atoms in total. The number of ether oxygens (including phenoxy) is 1. The topological polar surface area (TPSA) is 34.1 Å². The quantitative estimate of drug-likeness (QED) is 0.898. The van der Waals surface area contributed by atoms with Crippen molar-refractivity contribution in [3.05, 3.63) is 52.8 Å². The van der Waals surface area contributed by atoms with Gasteiger partial charge in [0.15, 0.2) is 0 Å². The van der Waals surface area contributed by atoms with Gasteiger partial charge in [0, 0.05) is 12.2 Å². The van der Waals surface area contributed by atoms with Crippen LogP contribution in [0.5, 0.6) is 11.5 Å². The van der Waals surface area contributed by atoms with E-state index in [1.54, 1.807) is 0 Å². The van der Waals surface area contributed by atoms with E-state index in [4.69, 9.17) is 4.74 Å². The molecule has 2 aromatic rings. The molecule has 1 aromatic carbocycles. The van der Waals surface area contributed by atoms with Gasteiger partial charge in [-0.1, -0.05) is 19.1 Å². The van der Waals surface area contributed by atoms with E-state index < -0.39 is 0 Å². The minimum absolute atomic E-state index is 0.837. The second kappa shape index (κ2) is 6.53. The number of aryl methyl sites for hydroxylation is 3. The fourth-order valence-electron chi connectivity index (χ4n) is 2.13. The third-order valence-corrected chi connectivity index (χ3v) is 3.26. The molecular formula is C17H22N2O. The van der Waals surface area contributed by atoms with E-state index >= 15 is 0 Å². The summed E-state index contributed by atoms with van der Waals surface area (Å²) < 4.78 is 6.08. The smallest absolute Gasteiger partial charge is 0.148 e.